The van der Waals surface area contributed by atoms with Gasteiger partial charge in [0.25, 0.3) is 0 Å². The summed E-state index contributed by atoms with van der Waals surface area (Å²) in [5.41, 5.74) is 7.14. The van der Waals surface area contributed by atoms with Crippen LogP contribution in [0.4, 0.5) is 0 Å². The van der Waals surface area contributed by atoms with E-state index in [9.17, 15) is 0 Å². The zero-order valence-electron chi connectivity index (χ0n) is 5.52. The molecule has 0 radical (unpaired) electrons. The SMILES string of the molecule is CC1=CC(N)C(C)C1. The highest BCUT2D eigenvalue weighted by molar-refractivity contribution is 5.12. The van der Waals surface area contributed by atoms with E-state index in [2.05, 4.69) is 19.9 Å². The highest BCUT2D eigenvalue weighted by atomic mass is 14.6. The molecule has 8 heavy (non-hydrogen) atoms. The van der Waals surface area contributed by atoms with Gasteiger partial charge in [-0.15, -0.1) is 0 Å². The van der Waals surface area contributed by atoms with Crippen LogP contribution in [0, 0.1) is 5.92 Å². The smallest absolute Gasteiger partial charge is 0.0255 e. The fourth-order valence-corrected chi connectivity index (χ4v) is 1.20. The monoisotopic (exact) mass is 111 g/mol. The van der Waals surface area contributed by atoms with Crippen molar-refractivity contribution in [2.24, 2.45) is 11.7 Å². The Hall–Kier alpha value is -0.300. The normalized spacial score (nSPS) is 37.6. The predicted molar refractivity (Wildman–Crippen MR) is 35.5 cm³/mol. The second kappa shape index (κ2) is 1.90. The van der Waals surface area contributed by atoms with Gasteiger partial charge in [-0.3, -0.25) is 0 Å². The van der Waals surface area contributed by atoms with Crippen molar-refractivity contribution in [3.63, 3.8) is 0 Å². The maximum Gasteiger partial charge on any atom is 0.0255 e. The van der Waals surface area contributed by atoms with Crippen molar-refractivity contribution >= 4 is 0 Å². The van der Waals surface area contributed by atoms with Crippen LogP contribution in [0.15, 0.2) is 11.6 Å². The average Bonchev–Trinajstić information content (AvgIpc) is 1.85. The van der Waals surface area contributed by atoms with Gasteiger partial charge >= 0.3 is 0 Å². The lowest BCUT2D eigenvalue weighted by atomic mass is 10.1. The molecular formula is C7H13N. The Balaban J connectivity index is 2.56. The van der Waals surface area contributed by atoms with Crippen molar-refractivity contribution in [2.45, 2.75) is 26.3 Å². The summed E-state index contributed by atoms with van der Waals surface area (Å²) in [6.45, 7) is 4.33. The van der Waals surface area contributed by atoms with E-state index in [4.69, 9.17) is 5.73 Å². The molecule has 1 rings (SSSR count). The Morgan fingerprint density at radius 3 is 2.50 bits per heavy atom. The molecule has 2 N–H and O–H groups in total. The maximum atomic E-state index is 5.69. The van der Waals surface area contributed by atoms with Gasteiger partial charge in [0, 0.05) is 6.04 Å². The van der Waals surface area contributed by atoms with Gasteiger partial charge in [-0.05, 0) is 19.3 Å². The fraction of sp³-hybridized carbons (Fsp3) is 0.714. The van der Waals surface area contributed by atoms with E-state index in [0.717, 1.165) is 0 Å². The highest BCUT2D eigenvalue weighted by Crippen LogP contribution is 2.22. The highest BCUT2D eigenvalue weighted by Gasteiger charge is 2.16. The molecule has 1 aliphatic carbocycles. The molecule has 1 nitrogen and oxygen atoms in total. The first kappa shape index (κ1) is 5.83. The van der Waals surface area contributed by atoms with Gasteiger partial charge in [-0.2, -0.15) is 0 Å². The molecule has 0 bridgehead atoms. The standard InChI is InChI=1S/C7H13N/c1-5-3-6(2)7(8)4-5/h4,6-7H,3,8H2,1-2H3. The lowest BCUT2D eigenvalue weighted by molar-refractivity contribution is 0.553. The molecule has 1 heteroatoms. The van der Waals surface area contributed by atoms with Gasteiger partial charge in [0.15, 0.2) is 0 Å². The van der Waals surface area contributed by atoms with Crippen LogP contribution in [0.25, 0.3) is 0 Å². The molecule has 0 aromatic heterocycles. The van der Waals surface area contributed by atoms with Crippen LogP contribution in [0.5, 0.6) is 0 Å². The van der Waals surface area contributed by atoms with E-state index >= 15 is 0 Å². The molecule has 0 aromatic rings. The maximum absolute atomic E-state index is 5.69. The van der Waals surface area contributed by atoms with Gasteiger partial charge in [0.1, 0.15) is 0 Å². The van der Waals surface area contributed by atoms with Crippen LogP contribution in [0.2, 0.25) is 0 Å². The van der Waals surface area contributed by atoms with Gasteiger partial charge < -0.3 is 5.73 Å². The topological polar surface area (TPSA) is 26.0 Å². The van der Waals surface area contributed by atoms with Gasteiger partial charge in [-0.1, -0.05) is 18.6 Å². The van der Waals surface area contributed by atoms with Crippen LogP contribution in [0.3, 0.4) is 0 Å². The van der Waals surface area contributed by atoms with E-state index < -0.39 is 0 Å². The first-order valence-electron chi connectivity index (χ1n) is 3.13. The van der Waals surface area contributed by atoms with Crippen LogP contribution in [0.1, 0.15) is 20.3 Å². The summed E-state index contributed by atoms with van der Waals surface area (Å²) in [4.78, 5) is 0. The lowest BCUT2D eigenvalue weighted by Crippen LogP contribution is -2.21. The molecule has 0 fully saturated rings. The summed E-state index contributed by atoms with van der Waals surface area (Å²) >= 11 is 0. The van der Waals surface area contributed by atoms with Crippen molar-refractivity contribution < 1.29 is 0 Å². The second-order valence-corrected chi connectivity index (χ2v) is 2.77. The molecule has 0 amide bonds. The zero-order chi connectivity index (χ0) is 6.15. The molecule has 0 heterocycles. The van der Waals surface area contributed by atoms with Gasteiger partial charge in [0.05, 0.1) is 0 Å². The third-order valence-corrected chi connectivity index (χ3v) is 1.78. The summed E-state index contributed by atoms with van der Waals surface area (Å²) < 4.78 is 0. The fourth-order valence-electron chi connectivity index (χ4n) is 1.20. The molecule has 1 aliphatic rings. The number of hydrogen-bond acceptors (Lipinski definition) is 1. The Labute approximate surface area is 50.6 Å². The minimum atomic E-state index is 0.329. The molecule has 0 saturated carbocycles. The Morgan fingerprint density at radius 1 is 1.75 bits per heavy atom. The van der Waals surface area contributed by atoms with Crippen molar-refractivity contribution in [1.29, 1.82) is 0 Å². The Bertz CT molecular complexity index is 116. The quantitative estimate of drug-likeness (QED) is 0.468. The molecule has 46 valence electrons. The van der Waals surface area contributed by atoms with Crippen LogP contribution >= 0.6 is 0 Å². The minimum Gasteiger partial charge on any atom is -0.324 e. The average molecular weight is 111 g/mol. The molecule has 0 spiro atoms. The summed E-state index contributed by atoms with van der Waals surface area (Å²) in [5, 5.41) is 0. The van der Waals surface area contributed by atoms with Crippen LogP contribution in [-0.2, 0) is 0 Å². The van der Waals surface area contributed by atoms with Crippen molar-refractivity contribution in [3.8, 4) is 0 Å². The summed E-state index contributed by atoms with van der Waals surface area (Å²) in [7, 11) is 0. The van der Waals surface area contributed by atoms with E-state index in [0.29, 0.717) is 12.0 Å². The Morgan fingerprint density at radius 2 is 2.38 bits per heavy atom. The molecule has 0 aliphatic heterocycles. The Kier molecular flexibility index (Phi) is 1.39. The van der Waals surface area contributed by atoms with Gasteiger partial charge in [0.2, 0.25) is 0 Å². The predicted octanol–water partition coefficient (Wildman–Crippen LogP) is 1.30. The number of nitrogens with two attached hydrogens (primary N) is 1. The number of hydrogen-bond donors (Lipinski definition) is 1. The summed E-state index contributed by atoms with van der Waals surface area (Å²) in [5.74, 6) is 0.676. The van der Waals surface area contributed by atoms with Crippen LogP contribution in [-0.4, -0.2) is 6.04 Å². The van der Waals surface area contributed by atoms with Gasteiger partial charge in [-0.25, -0.2) is 0 Å². The molecule has 0 saturated heterocycles. The first-order valence-corrected chi connectivity index (χ1v) is 3.13. The number of allylic oxidation sites excluding steroid dienone is 1. The van der Waals surface area contributed by atoms with E-state index in [-0.39, 0.29) is 0 Å². The first-order chi connectivity index (χ1) is 3.70. The van der Waals surface area contributed by atoms with E-state index in [1.165, 1.54) is 12.0 Å². The lowest BCUT2D eigenvalue weighted by Gasteiger charge is -2.05. The van der Waals surface area contributed by atoms with Crippen molar-refractivity contribution in [1.82, 2.24) is 0 Å². The van der Waals surface area contributed by atoms with E-state index in [1.807, 2.05) is 0 Å². The van der Waals surface area contributed by atoms with Crippen molar-refractivity contribution in [3.05, 3.63) is 11.6 Å². The minimum absolute atomic E-state index is 0.329. The summed E-state index contributed by atoms with van der Waals surface area (Å²) in [6.07, 6.45) is 3.35. The third kappa shape index (κ3) is 0.920. The second-order valence-electron chi connectivity index (χ2n) is 2.77. The molecule has 2 unspecified atom stereocenters. The molecule has 0 aromatic carbocycles. The number of rotatable bonds is 0. The van der Waals surface area contributed by atoms with E-state index in [1.54, 1.807) is 0 Å². The van der Waals surface area contributed by atoms with Crippen molar-refractivity contribution in [2.75, 3.05) is 0 Å². The van der Waals surface area contributed by atoms with Crippen LogP contribution < -0.4 is 5.73 Å². The zero-order valence-corrected chi connectivity index (χ0v) is 5.52. The third-order valence-electron chi connectivity index (χ3n) is 1.78. The molecular weight excluding hydrogens is 98.1 g/mol. The summed E-state index contributed by atoms with van der Waals surface area (Å²) in [6, 6.07) is 0.329. The largest absolute Gasteiger partial charge is 0.324 e. The molecule has 2 atom stereocenters.